The fourth-order valence-corrected chi connectivity index (χ4v) is 5.93. The summed E-state index contributed by atoms with van der Waals surface area (Å²) in [7, 11) is -0.319. The number of nitrogens with zero attached hydrogens (tertiary/aromatic N) is 4. The lowest BCUT2D eigenvalue weighted by Crippen LogP contribution is -2.46. The van der Waals surface area contributed by atoms with Crippen molar-refractivity contribution in [3.8, 4) is 5.88 Å². The molecule has 38 heavy (non-hydrogen) atoms. The molecule has 204 valence electrons. The minimum absolute atomic E-state index is 0.0450. The Morgan fingerprint density at radius 1 is 1.11 bits per heavy atom. The van der Waals surface area contributed by atoms with Crippen molar-refractivity contribution in [2.75, 3.05) is 18.8 Å². The highest BCUT2D eigenvalue weighted by Crippen LogP contribution is 2.40. The van der Waals surface area contributed by atoms with E-state index >= 15 is 0 Å². The Morgan fingerprint density at radius 3 is 2.50 bits per heavy atom. The fourth-order valence-electron chi connectivity index (χ4n) is 4.74. The second-order valence-corrected chi connectivity index (χ2v) is 11.0. The molecule has 1 aromatic carbocycles. The van der Waals surface area contributed by atoms with Crippen LogP contribution in [-0.2, 0) is 16.2 Å². The molecule has 3 atom stereocenters. The molecule has 1 N–H and O–H groups in total. The summed E-state index contributed by atoms with van der Waals surface area (Å²) in [6.07, 6.45) is -1.29. The third kappa shape index (κ3) is 6.04. The number of alkyl halides is 3. The van der Waals surface area contributed by atoms with Crippen LogP contribution >= 0.6 is 0 Å². The van der Waals surface area contributed by atoms with Crippen LogP contribution in [0.3, 0.4) is 0 Å². The number of aryl methyl sites for hydroxylation is 1. The van der Waals surface area contributed by atoms with E-state index in [0.29, 0.717) is 19.3 Å². The average Bonchev–Trinajstić information content (AvgIpc) is 2.84. The molecule has 1 fully saturated rings. The highest BCUT2D eigenvalue weighted by molar-refractivity contribution is 7.92. The van der Waals surface area contributed by atoms with E-state index in [9.17, 15) is 26.0 Å². The van der Waals surface area contributed by atoms with Gasteiger partial charge in [0.25, 0.3) is 10.0 Å². The van der Waals surface area contributed by atoms with E-state index in [1.54, 1.807) is 0 Å². The summed E-state index contributed by atoms with van der Waals surface area (Å²) in [5.41, 5.74) is -1.01. The monoisotopic (exact) mass is 553 g/mol. The van der Waals surface area contributed by atoms with Crippen molar-refractivity contribution in [3.63, 3.8) is 0 Å². The first kappa shape index (κ1) is 27.7. The van der Waals surface area contributed by atoms with Crippen molar-refractivity contribution in [2.45, 2.75) is 55.3 Å². The molecule has 3 aromatic rings. The quantitative estimate of drug-likeness (QED) is 0.421. The van der Waals surface area contributed by atoms with Crippen LogP contribution in [0.5, 0.6) is 5.88 Å². The van der Waals surface area contributed by atoms with Crippen molar-refractivity contribution in [2.24, 2.45) is 0 Å². The number of pyridine rings is 1. The molecule has 0 bridgehead atoms. The van der Waals surface area contributed by atoms with Gasteiger partial charge in [-0.15, -0.1) is 0 Å². The summed E-state index contributed by atoms with van der Waals surface area (Å²) in [5, 5.41) is 0. The van der Waals surface area contributed by atoms with E-state index in [1.807, 2.05) is 19.0 Å². The second-order valence-electron chi connectivity index (χ2n) is 9.34. The third-order valence-corrected chi connectivity index (χ3v) is 8.07. The summed E-state index contributed by atoms with van der Waals surface area (Å²) in [5.74, 6) is -1.32. The highest BCUT2D eigenvalue weighted by atomic mass is 32.2. The predicted octanol–water partition coefficient (Wildman–Crippen LogP) is 4.78. The van der Waals surface area contributed by atoms with Crippen LogP contribution in [0.2, 0.25) is 0 Å². The minimum atomic E-state index is -4.77. The summed E-state index contributed by atoms with van der Waals surface area (Å²) in [4.78, 5) is 13.8. The zero-order valence-corrected chi connectivity index (χ0v) is 21.7. The average molecular weight is 554 g/mol. The number of aromatic nitrogens is 3. The van der Waals surface area contributed by atoms with Gasteiger partial charge in [-0.2, -0.15) is 13.2 Å². The minimum Gasteiger partial charge on any atom is -0.473 e. The molecule has 8 nitrogen and oxygen atoms in total. The number of halogens is 4. The first-order chi connectivity index (χ1) is 17.9. The molecule has 0 radical (unpaired) electrons. The number of rotatable bonds is 7. The Balaban J connectivity index is 1.50. The number of hydrogen-bond donors (Lipinski definition) is 1. The Hall–Kier alpha value is -3.32. The van der Waals surface area contributed by atoms with E-state index in [1.165, 1.54) is 49.8 Å². The summed E-state index contributed by atoms with van der Waals surface area (Å²) in [6, 6.07) is 7.40. The summed E-state index contributed by atoms with van der Waals surface area (Å²) < 4.78 is 88.6. The molecule has 2 aromatic heterocycles. The predicted molar refractivity (Wildman–Crippen MR) is 132 cm³/mol. The van der Waals surface area contributed by atoms with Gasteiger partial charge >= 0.3 is 6.18 Å². The third-order valence-electron chi connectivity index (χ3n) is 6.59. The lowest BCUT2D eigenvalue weighted by Gasteiger charge is -2.39. The van der Waals surface area contributed by atoms with Crippen molar-refractivity contribution < 1.29 is 30.7 Å². The SMILES string of the molecule is Cc1nc(O[C@H]2CC[C@H](c3cccc(C(F)(F)F)c3F)C[C@@H]2N(C)C)ccc1S(=O)(=O)Nc1ccncn1. The second kappa shape index (κ2) is 10.8. The number of sulfonamides is 1. The zero-order valence-electron chi connectivity index (χ0n) is 20.9. The van der Waals surface area contributed by atoms with Gasteiger partial charge in [0.2, 0.25) is 5.88 Å². The summed E-state index contributed by atoms with van der Waals surface area (Å²) >= 11 is 0. The Morgan fingerprint density at radius 2 is 1.87 bits per heavy atom. The summed E-state index contributed by atoms with van der Waals surface area (Å²) in [6.45, 7) is 1.54. The molecule has 0 aliphatic heterocycles. The van der Waals surface area contributed by atoms with Crippen LogP contribution in [0.15, 0.2) is 53.8 Å². The van der Waals surface area contributed by atoms with Gasteiger partial charge in [-0.05, 0) is 70.0 Å². The standard InChI is InChI=1S/C25H27F4N5O3S/c1-15-21(38(35,36)33-22-11-12-30-14-31-22)9-10-23(32-15)37-20-8-7-16(13-19(20)34(2)3)17-5-4-6-18(24(17)26)25(27,28)29/h4-6,9-12,14,16,19-20H,7-8,13H2,1-3H3,(H,30,31,33)/t16-,19-,20-/m0/s1. The Bertz CT molecular complexity index is 1390. The lowest BCUT2D eigenvalue weighted by molar-refractivity contribution is -0.140. The molecule has 1 aliphatic rings. The van der Waals surface area contributed by atoms with E-state index in [0.717, 1.165) is 6.07 Å². The van der Waals surface area contributed by atoms with E-state index in [2.05, 4.69) is 19.7 Å². The largest absolute Gasteiger partial charge is 0.473 e. The fraction of sp³-hybridized carbons (Fsp3) is 0.400. The molecule has 0 unspecified atom stereocenters. The first-order valence-corrected chi connectivity index (χ1v) is 13.3. The van der Waals surface area contributed by atoms with Crippen molar-refractivity contribution in [1.82, 2.24) is 19.9 Å². The van der Waals surface area contributed by atoms with Crippen molar-refractivity contribution in [3.05, 3.63) is 71.6 Å². The van der Waals surface area contributed by atoms with Crippen molar-refractivity contribution >= 4 is 15.8 Å². The van der Waals surface area contributed by atoms with Gasteiger partial charge in [0, 0.05) is 18.3 Å². The molecule has 0 saturated heterocycles. The number of nitrogens with one attached hydrogen (secondary N) is 1. The topological polar surface area (TPSA) is 97.3 Å². The number of likely N-dealkylation sites (N-methyl/N-ethyl adjacent to an activating group) is 1. The molecule has 0 spiro atoms. The van der Waals surface area contributed by atoms with Crippen LogP contribution in [-0.4, -0.2) is 54.5 Å². The van der Waals surface area contributed by atoms with Crippen LogP contribution in [0.1, 0.15) is 42.0 Å². The van der Waals surface area contributed by atoms with Gasteiger partial charge in [-0.3, -0.25) is 4.72 Å². The molecule has 2 heterocycles. The van der Waals surface area contributed by atoms with Gasteiger partial charge in [-0.1, -0.05) is 12.1 Å². The maximum Gasteiger partial charge on any atom is 0.419 e. The molecule has 13 heteroatoms. The van der Waals surface area contributed by atoms with Crippen LogP contribution in [0.25, 0.3) is 0 Å². The number of hydrogen-bond acceptors (Lipinski definition) is 7. The smallest absolute Gasteiger partial charge is 0.419 e. The maximum atomic E-state index is 14.8. The van der Waals surface area contributed by atoms with E-state index in [4.69, 9.17) is 4.74 Å². The van der Waals surface area contributed by atoms with Gasteiger partial charge in [0.1, 0.15) is 29.0 Å². The zero-order chi connectivity index (χ0) is 27.7. The Labute approximate surface area is 218 Å². The van der Waals surface area contributed by atoms with Crippen LogP contribution in [0.4, 0.5) is 23.4 Å². The van der Waals surface area contributed by atoms with Gasteiger partial charge in [0.15, 0.2) is 0 Å². The normalized spacial score (nSPS) is 20.4. The maximum absolute atomic E-state index is 14.8. The molecule has 1 aliphatic carbocycles. The Kier molecular flexibility index (Phi) is 7.88. The van der Waals surface area contributed by atoms with Gasteiger partial charge in [-0.25, -0.2) is 27.8 Å². The highest BCUT2D eigenvalue weighted by Gasteiger charge is 2.39. The van der Waals surface area contributed by atoms with Crippen LogP contribution < -0.4 is 9.46 Å². The van der Waals surface area contributed by atoms with E-state index < -0.39 is 33.5 Å². The van der Waals surface area contributed by atoms with Gasteiger partial charge < -0.3 is 9.64 Å². The molecule has 4 rings (SSSR count). The van der Waals surface area contributed by atoms with E-state index in [-0.39, 0.29) is 40.0 Å². The first-order valence-electron chi connectivity index (χ1n) is 11.8. The number of anilines is 1. The number of benzene rings is 1. The molecular weight excluding hydrogens is 526 g/mol. The molecular formula is C25H27F4N5O3S. The van der Waals surface area contributed by atoms with Crippen molar-refractivity contribution in [1.29, 1.82) is 0 Å². The molecule has 0 amide bonds. The number of ether oxygens (including phenoxy) is 1. The lowest BCUT2D eigenvalue weighted by atomic mass is 9.78. The van der Waals surface area contributed by atoms with Crippen LogP contribution in [0, 0.1) is 12.7 Å². The van der Waals surface area contributed by atoms with Gasteiger partial charge in [0.05, 0.1) is 11.3 Å². The molecule has 1 saturated carbocycles.